The van der Waals surface area contributed by atoms with Crippen molar-refractivity contribution < 1.29 is 4.79 Å². The van der Waals surface area contributed by atoms with Crippen LogP contribution in [-0.4, -0.2) is 56.6 Å². The summed E-state index contributed by atoms with van der Waals surface area (Å²) in [6, 6.07) is 10.3. The summed E-state index contributed by atoms with van der Waals surface area (Å²) in [7, 11) is 2.16. The lowest BCUT2D eigenvalue weighted by Crippen LogP contribution is -2.46. The number of thiophene rings is 1. The Morgan fingerprint density at radius 2 is 1.87 bits per heavy atom. The fourth-order valence-electron chi connectivity index (χ4n) is 3.93. The highest BCUT2D eigenvalue weighted by atomic mass is 32.1. The van der Waals surface area contributed by atoms with Gasteiger partial charge in [-0.05, 0) is 37.1 Å². The van der Waals surface area contributed by atoms with E-state index in [-0.39, 0.29) is 12.5 Å². The van der Waals surface area contributed by atoms with Crippen LogP contribution in [0, 0.1) is 17.2 Å². The summed E-state index contributed by atoms with van der Waals surface area (Å²) in [5, 5.41) is 13.5. The van der Waals surface area contributed by atoms with E-state index in [0.717, 1.165) is 43.0 Å². The molecule has 1 fully saturated rings. The van der Waals surface area contributed by atoms with E-state index in [1.54, 1.807) is 11.3 Å². The van der Waals surface area contributed by atoms with Gasteiger partial charge in [0.25, 0.3) is 0 Å². The van der Waals surface area contributed by atoms with Gasteiger partial charge in [0.15, 0.2) is 0 Å². The Hall–Kier alpha value is -2.56. The van der Waals surface area contributed by atoms with Crippen LogP contribution in [-0.2, 0) is 4.79 Å². The van der Waals surface area contributed by atoms with Gasteiger partial charge in [-0.1, -0.05) is 26.0 Å². The number of carbonyl (C=O) groups excluding carboxylic acids is 1. The fraction of sp³-hybridized carbons (Fsp3) is 0.478. The largest absolute Gasteiger partial charge is 0.369 e. The van der Waals surface area contributed by atoms with Crippen LogP contribution < -0.4 is 15.5 Å². The Labute approximate surface area is 183 Å². The highest BCUT2D eigenvalue weighted by Gasteiger charge is 2.27. The molecule has 0 saturated carbocycles. The second kappa shape index (κ2) is 9.96. The van der Waals surface area contributed by atoms with E-state index in [4.69, 9.17) is 5.73 Å². The molecule has 0 unspecified atom stereocenters. The summed E-state index contributed by atoms with van der Waals surface area (Å²) in [6.07, 6.45) is 0.620. The molecular weight excluding hydrogens is 394 g/mol. The number of nitrogens with zero attached hydrogens (tertiary/aromatic N) is 4. The molecule has 30 heavy (non-hydrogen) atoms. The predicted molar refractivity (Wildman–Crippen MR) is 125 cm³/mol. The molecule has 0 spiro atoms. The van der Waals surface area contributed by atoms with Crippen molar-refractivity contribution in [1.29, 1.82) is 5.26 Å². The minimum atomic E-state index is -0.498. The number of rotatable bonds is 8. The SMILES string of the molecule is CC(C)C[C@@H](C(N)=O)N(CC#N)c1cscc1-c1ccc(N2CCN(C)CC2)cc1. The molecule has 0 radical (unpaired) electrons. The Kier molecular flexibility index (Phi) is 7.35. The molecule has 2 N–H and O–H groups in total. The van der Waals surface area contributed by atoms with Crippen LogP contribution in [0.2, 0.25) is 0 Å². The lowest BCUT2D eigenvalue weighted by Gasteiger charge is -2.34. The number of piperazine rings is 1. The highest BCUT2D eigenvalue weighted by Crippen LogP contribution is 2.37. The zero-order chi connectivity index (χ0) is 21.7. The molecular formula is C23H31N5OS. The molecule has 1 aromatic heterocycles. The average Bonchev–Trinajstić information content (AvgIpc) is 3.20. The maximum absolute atomic E-state index is 12.2. The molecule has 2 heterocycles. The Morgan fingerprint density at radius 3 is 2.43 bits per heavy atom. The van der Waals surface area contributed by atoms with E-state index in [1.165, 1.54) is 5.69 Å². The number of hydrogen-bond donors (Lipinski definition) is 1. The summed E-state index contributed by atoms with van der Waals surface area (Å²) in [6.45, 7) is 8.46. The van der Waals surface area contributed by atoms with Gasteiger partial charge in [-0.2, -0.15) is 5.26 Å². The van der Waals surface area contributed by atoms with Crippen molar-refractivity contribution in [2.45, 2.75) is 26.3 Å². The van der Waals surface area contributed by atoms with Gasteiger partial charge in [0, 0.05) is 48.2 Å². The monoisotopic (exact) mass is 425 g/mol. The van der Waals surface area contributed by atoms with Crippen LogP contribution in [0.5, 0.6) is 0 Å². The minimum absolute atomic E-state index is 0.128. The van der Waals surface area contributed by atoms with E-state index in [0.29, 0.717) is 12.3 Å². The Bertz CT molecular complexity index is 878. The Balaban J connectivity index is 1.87. The molecule has 7 heteroatoms. The number of carbonyl (C=O) groups is 1. The second-order valence-corrected chi connectivity index (χ2v) is 9.09. The first-order valence-corrected chi connectivity index (χ1v) is 11.4. The van der Waals surface area contributed by atoms with Crippen LogP contribution in [0.4, 0.5) is 11.4 Å². The number of likely N-dealkylation sites (N-methyl/N-ethyl adjacent to an activating group) is 1. The molecule has 1 amide bonds. The van der Waals surface area contributed by atoms with Crippen molar-refractivity contribution in [3.05, 3.63) is 35.0 Å². The standard InChI is InChI=1S/C23H31N5OS/c1-17(2)14-21(23(25)29)28(9-8-24)22-16-30-15-20(22)18-4-6-19(7-5-18)27-12-10-26(3)11-13-27/h4-7,15-17,21H,9-14H2,1-3H3,(H2,25,29)/t21-/m0/s1. The Morgan fingerprint density at radius 1 is 1.20 bits per heavy atom. The predicted octanol–water partition coefficient (Wildman–Crippen LogP) is 3.40. The van der Waals surface area contributed by atoms with Crippen LogP contribution in [0.15, 0.2) is 35.0 Å². The zero-order valence-electron chi connectivity index (χ0n) is 18.0. The van der Waals surface area contributed by atoms with Gasteiger partial charge in [0.2, 0.25) is 5.91 Å². The number of anilines is 2. The van der Waals surface area contributed by atoms with Crippen molar-refractivity contribution >= 4 is 28.6 Å². The summed E-state index contributed by atoms with van der Waals surface area (Å²) in [4.78, 5) is 18.8. The van der Waals surface area contributed by atoms with E-state index in [2.05, 4.69) is 66.4 Å². The summed E-state index contributed by atoms with van der Waals surface area (Å²) in [5.74, 6) is -0.0878. The molecule has 0 bridgehead atoms. The molecule has 1 atom stereocenters. The quantitative estimate of drug-likeness (QED) is 0.656. The van der Waals surface area contributed by atoms with Crippen molar-refractivity contribution in [3.63, 3.8) is 0 Å². The molecule has 160 valence electrons. The third kappa shape index (κ3) is 5.13. The fourth-order valence-corrected chi connectivity index (χ4v) is 4.78. The average molecular weight is 426 g/mol. The molecule has 2 aromatic rings. The van der Waals surface area contributed by atoms with Gasteiger partial charge in [-0.25, -0.2) is 0 Å². The lowest BCUT2D eigenvalue weighted by atomic mass is 9.99. The molecule has 6 nitrogen and oxygen atoms in total. The number of hydrogen-bond acceptors (Lipinski definition) is 6. The minimum Gasteiger partial charge on any atom is -0.369 e. The van der Waals surface area contributed by atoms with Crippen molar-refractivity contribution in [2.24, 2.45) is 11.7 Å². The van der Waals surface area contributed by atoms with Crippen LogP contribution in [0.1, 0.15) is 20.3 Å². The topological polar surface area (TPSA) is 76.6 Å². The number of amides is 1. The van der Waals surface area contributed by atoms with Gasteiger partial charge >= 0.3 is 0 Å². The van der Waals surface area contributed by atoms with E-state index >= 15 is 0 Å². The third-order valence-corrected chi connectivity index (χ3v) is 6.37. The van der Waals surface area contributed by atoms with E-state index in [9.17, 15) is 10.1 Å². The van der Waals surface area contributed by atoms with Crippen LogP contribution >= 0.6 is 11.3 Å². The van der Waals surface area contributed by atoms with Crippen LogP contribution in [0.25, 0.3) is 11.1 Å². The molecule has 3 rings (SSSR count). The first-order chi connectivity index (χ1) is 14.4. The van der Waals surface area contributed by atoms with E-state index in [1.807, 2.05) is 10.3 Å². The van der Waals surface area contributed by atoms with E-state index < -0.39 is 6.04 Å². The van der Waals surface area contributed by atoms with Crippen molar-refractivity contribution in [3.8, 4) is 17.2 Å². The van der Waals surface area contributed by atoms with Gasteiger partial charge in [-0.3, -0.25) is 4.79 Å². The van der Waals surface area contributed by atoms with Gasteiger partial charge in [-0.15, -0.1) is 11.3 Å². The third-order valence-electron chi connectivity index (χ3n) is 5.64. The first-order valence-electron chi connectivity index (χ1n) is 10.4. The molecule has 1 aliphatic heterocycles. The smallest absolute Gasteiger partial charge is 0.240 e. The first kappa shape index (κ1) is 22.1. The molecule has 1 saturated heterocycles. The van der Waals surface area contributed by atoms with Gasteiger partial charge in [0.05, 0.1) is 11.8 Å². The molecule has 1 aliphatic rings. The summed E-state index contributed by atoms with van der Waals surface area (Å²) < 4.78 is 0. The van der Waals surface area contributed by atoms with Gasteiger partial charge < -0.3 is 20.4 Å². The normalized spacial score (nSPS) is 15.8. The number of nitriles is 1. The number of nitrogens with two attached hydrogens (primary N) is 1. The maximum Gasteiger partial charge on any atom is 0.240 e. The van der Waals surface area contributed by atoms with Crippen molar-refractivity contribution in [1.82, 2.24) is 4.90 Å². The molecule has 0 aliphatic carbocycles. The second-order valence-electron chi connectivity index (χ2n) is 8.34. The highest BCUT2D eigenvalue weighted by molar-refractivity contribution is 7.08. The van der Waals surface area contributed by atoms with Crippen LogP contribution in [0.3, 0.4) is 0 Å². The lowest BCUT2D eigenvalue weighted by molar-refractivity contribution is -0.119. The van der Waals surface area contributed by atoms with Crippen molar-refractivity contribution in [2.75, 3.05) is 49.6 Å². The summed E-state index contributed by atoms with van der Waals surface area (Å²) in [5.41, 5.74) is 9.98. The zero-order valence-corrected chi connectivity index (χ0v) is 18.9. The number of benzene rings is 1. The van der Waals surface area contributed by atoms with Gasteiger partial charge in [0.1, 0.15) is 12.6 Å². The molecule has 1 aromatic carbocycles. The number of primary amides is 1. The maximum atomic E-state index is 12.2. The summed E-state index contributed by atoms with van der Waals surface area (Å²) >= 11 is 1.58.